The largest absolute Gasteiger partial charge is 0.390 e. The maximum Gasteiger partial charge on any atom is 0.141 e. The lowest BCUT2D eigenvalue weighted by Crippen LogP contribution is -2.10. The molecule has 3 heteroatoms. The second-order valence-electron chi connectivity index (χ2n) is 3.65. The van der Waals surface area contributed by atoms with Gasteiger partial charge in [0.25, 0.3) is 0 Å². The van der Waals surface area contributed by atoms with Crippen LogP contribution in [0.4, 0.5) is 4.39 Å². The molecule has 1 saturated carbocycles. The molecule has 0 aromatic heterocycles. The van der Waals surface area contributed by atoms with Crippen LogP contribution in [0, 0.1) is 5.82 Å². The summed E-state index contributed by atoms with van der Waals surface area (Å²) in [6.07, 6.45) is 2.25. The molecule has 0 amide bonds. The summed E-state index contributed by atoms with van der Waals surface area (Å²) in [5.41, 5.74) is 0.354. The zero-order chi connectivity index (χ0) is 9.47. The van der Waals surface area contributed by atoms with E-state index in [-0.39, 0.29) is 5.02 Å². The van der Waals surface area contributed by atoms with Crippen LogP contribution in [0.3, 0.4) is 0 Å². The molecular formula is C10H10ClFO. The van der Waals surface area contributed by atoms with Gasteiger partial charge >= 0.3 is 0 Å². The SMILES string of the molecule is OC1(Cc2ccc(F)c(Cl)c2)CC1. The number of hydrogen-bond donors (Lipinski definition) is 1. The van der Waals surface area contributed by atoms with Crippen LogP contribution in [0.1, 0.15) is 18.4 Å². The Labute approximate surface area is 81.1 Å². The molecule has 0 aliphatic heterocycles. The Morgan fingerprint density at radius 1 is 1.46 bits per heavy atom. The van der Waals surface area contributed by atoms with E-state index in [1.807, 2.05) is 0 Å². The number of halogens is 2. The second-order valence-corrected chi connectivity index (χ2v) is 4.06. The third-order valence-corrected chi connectivity index (χ3v) is 2.63. The van der Waals surface area contributed by atoms with Gasteiger partial charge in [0.15, 0.2) is 0 Å². The van der Waals surface area contributed by atoms with Gasteiger partial charge in [-0.1, -0.05) is 17.7 Å². The van der Waals surface area contributed by atoms with Gasteiger partial charge < -0.3 is 5.11 Å². The van der Waals surface area contributed by atoms with Crippen molar-refractivity contribution in [2.75, 3.05) is 0 Å². The van der Waals surface area contributed by atoms with E-state index in [0.717, 1.165) is 18.4 Å². The molecular weight excluding hydrogens is 191 g/mol. The number of benzene rings is 1. The third-order valence-electron chi connectivity index (χ3n) is 2.34. The quantitative estimate of drug-likeness (QED) is 0.778. The Balaban J connectivity index is 2.17. The summed E-state index contributed by atoms with van der Waals surface area (Å²) in [6, 6.07) is 4.58. The Kier molecular flexibility index (Phi) is 2.05. The van der Waals surface area contributed by atoms with Gasteiger partial charge in [0.05, 0.1) is 10.6 Å². The highest BCUT2D eigenvalue weighted by Gasteiger charge is 2.40. The minimum absolute atomic E-state index is 0.127. The average Bonchev–Trinajstić information content (AvgIpc) is 2.76. The normalized spacial score (nSPS) is 18.7. The molecule has 1 aliphatic carbocycles. The molecule has 0 atom stereocenters. The van der Waals surface area contributed by atoms with Crippen LogP contribution in [0.5, 0.6) is 0 Å². The van der Waals surface area contributed by atoms with Crippen molar-refractivity contribution in [3.63, 3.8) is 0 Å². The molecule has 70 valence electrons. The first kappa shape index (κ1) is 8.97. The molecule has 0 heterocycles. The maximum atomic E-state index is 12.8. The minimum Gasteiger partial charge on any atom is -0.390 e. The predicted octanol–water partition coefficient (Wildman–Crippen LogP) is 2.55. The molecule has 1 aliphatic rings. The first-order chi connectivity index (χ1) is 6.09. The highest BCUT2D eigenvalue weighted by atomic mass is 35.5. The van der Waals surface area contributed by atoms with Crippen molar-refractivity contribution in [3.8, 4) is 0 Å². The van der Waals surface area contributed by atoms with Crippen molar-refractivity contribution in [3.05, 3.63) is 34.6 Å². The summed E-state index contributed by atoms with van der Waals surface area (Å²) in [5, 5.41) is 9.73. The smallest absolute Gasteiger partial charge is 0.141 e. The monoisotopic (exact) mass is 200 g/mol. The van der Waals surface area contributed by atoms with Gasteiger partial charge in [0.1, 0.15) is 5.82 Å². The van der Waals surface area contributed by atoms with Crippen LogP contribution in [-0.4, -0.2) is 10.7 Å². The molecule has 0 radical (unpaired) electrons. The number of hydrogen-bond acceptors (Lipinski definition) is 1. The Morgan fingerprint density at radius 3 is 2.69 bits per heavy atom. The van der Waals surface area contributed by atoms with E-state index in [1.165, 1.54) is 6.07 Å². The summed E-state index contributed by atoms with van der Waals surface area (Å²) < 4.78 is 12.8. The van der Waals surface area contributed by atoms with E-state index in [4.69, 9.17) is 11.6 Å². The average molecular weight is 201 g/mol. The van der Waals surface area contributed by atoms with Crippen LogP contribution < -0.4 is 0 Å². The highest BCUT2D eigenvalue weighted by Crippen LogP contribution is 2.38. The van der Waals surface area contributed by atoms with Crippen LogP contribution >= 0.6 is 11.6 Å². The molecule has 0 bridgehead atoms. The number of rotatable bonds is 2. The van der Waals surface area contributed by atoms with Crippen molar-refractivity contribution in [1.29, 1.82) is 0 Å². The Morgan fingerprint density at radius 2 is 2.15 bits per heavy atom. The fraction of sp³-hybridized carbons (Fsp3) is 0.400. The summed E-state index contributed by atoms with van der Waals surface area (Å²) in [6.45, 7) is 0. The van der Waals surface area contributed by atoms with Crippen LogP contribution in [0.2, 0.25) is 5.02 Å². The summed E-state index contributed by atoms with van der Waals surface area (Å²) in [7, 11) is 0. The number of aliphatic hydroxyl groups is 1. The van der Waals surface area contributed by atoms with Gasteiger partial charge in [-0.15, -0.1) is 0 Å². The predicted molar refractivity (Wildman–Crippen MR) is 49.3 cm³/mol. The zero-order valence-corrected chi connectivity index (χ0v) is 7.81. The molecule has 1 aromatic rings. The van der Waals surface area contributed by atoms with Crippen molar-refractivity contribution >= 4 is 11.6 Å². The van der Waals surface area contributed by atoms with E-state index in [9.17, 15) is 9.50 Å². The first-order valence-electron chi connectivity index (χ1n) is 4.25. The van der Waals surface area contributed by atoms with Gasteiger partial charge in [0, 0.05) is 6.42 Å². The summed E-state index contributed by atoms with van der Waals surface area (Å²) in [5.74, 6) is -0.409. The van der Waals surface area contributed by atoms with Gasteiger partial charge in [0.2, 0.25) is 0 Å². The topological polar surface area (TPSA) is 20.2 Å². The van der Waals surface area contributed by atoms with Crippen molar-refractivity contribution < 1.29 is 9.50 Å². The molecule has 0 unspecified atom stereocenters. The molecule has 0 spiro atoms. The first-order valence-corrected chi connectivity index (χ1v) is 4.63. The van der Waals surface area contributed by atoms with E-state index in [0.29, 0.717) is 6.42 Å². The molecule has 1 fully saturated rings. The molecule has 1 N–H and O–H groups in total. The van der Waals surface area contributed by atoms with Gasteiger partial charge in [-0.05, 0) is 30.5 Å². The molecule has 1 nitrogen and oxygen atoms in total. The summed E-state index contributed by atoms with van der Waals surface area (Å²) >= 11 is 5.61. The molecule has 2 rings (SSSR count). The Hall–Kier alpha value is -0.600. The van der Waals surface area contributed by atoms with E-state index in [2.05, 4.69) is 0 Å². The van der Waals surface area contributed by atoms with E-state index < -0.39 is 11.4 Å². The molecule has 13 heavy (non-hydrogen) atoms. The van der Waals surface area contributed by atoms with Crippen LogP contribution in [-0.2, 0) is 6.42 Å². The van der Waals surface area contributed by atoms with E-state index in [1.54, 1.807) is 12.1 Å². The third kappa shape index (κ3) is 2.01. The molecule has 1 aromatic carbocycles. The second kappa shape index (κ2) is 2.96. The summed E-state index contributed by atoms with van der Waals surface area (Å²) in [4.78, 5) is 0. The zero-order valence-electron chi connectivity index (χ0n) is 7.06. The van der Waals surface area contributed by atoms with Gasteiger partial charge in [-0.3, -0.25) is 0 Å². The lowest BCUT2D eigenvalue weighted by Gasteiger charge is -2.07. The lowest BCUT2D eigenvalue weighted by molar-refractivity contribution is 0.151. The molecule has 0 saturated heterocycles. The van der Waals surface area contributed by atoms with Crippen molar-refractivity contribution in [2.24, 2.45) is 0 Å². The van der Waals surface area contributed by atoms with E-state index >= 15 is 0 Å². The van der Waals surface area contributed by atoms with Crippen LogP contribution in [0.15, 0.2) is 18.2 Å². The highest BCUT2D eigenvalue weighted by molar-refractivity contribution is 6.30. The lowest BCUT2D eigenvalue weighted by atomic mass is 10.1. The fourth-order valence-corrected chi connectivity index (χ4v) is 1.55. The van der Waals surface area contributed by atoms with Crippen LogP contribution in [0.25, 0.3) is 0 Å². The van der Waals surface area contributed by atoms with Gasteiger partial charge in [-0.2, -0.15) is 0 Å². The van der Waals surface area contributed by atoms with Crippen molar-refractivity contribution in [2.45, 2.75) is 24.9 Å². The Bertz CT molecular complexity index is 334. The van der Waals surface area contributed by atoms with Crippen molar-refractivity contribution in [1.82, 2.24) is 0 Å². The maximum absolute atomic E-state index is 12.8. The van der Waals surface area contributed by atoms with Gasteiger partial charge in [-0.25, -0.2) is 4.39 Å². The standard InChI is InChI=1S/C10H10ClFO/c11-8-5-7(1-2-9(8)12)6-10(13)3-4-10/h1-2,5,13H,3-4,6H2. The fourth-order valence-electron chi connectivity index (χ4n) is 1.35. The minimum atomic E-state index is -0.541.